The van der Waals surface area contributed by atoms with Crippen LogP contribution >= 0.6 is 23.2 Å². The van der Waals surface area contributed by atoms with Crippen LogP contribution in [0.25, 0.3) is 10.8 Å². The molecule has 0 amide bonds. The summed E-state index contributed by atoms with van der Waals surface area (Å²) in [5.41, 5.74) is 0.646. The number of halogens is 2. The molecule has 0 fully saturated rings. The standard InChI is InChI=1S/C20H18Cl2O4/c1-11(21)9-15(23)13-5-7-17(25-3)20-18(26-4)8-6-14(19(13)20)16(24)10-12(2)22/h5-10H,1-4H3/b11-9-,12-10-. The van der Waals surface area contributed by atoms with Crippen molar-refractivity contribution in [3.63, 3.8) is 0 Å². The number of fused-ring (bicyclic) bond motifs is 1. The van der Waals surface area contributed by atoms with Gasteiger partial charge >= 0.3 is 0 Å². The smallest absolute Gasteiger partial charge is 0.187 e. The zero-order chi connectivity index (χ0) is 19.4. The molecular weight excluding hydrogens is 375 g/mol. The largest absolute Gasteiger partial charge is 0.496 e. The van der Waals surface area contributed by atoms with Gasteiger partial charge in [0.1, 0.15) is 11.5 Å². The molecule has 2 aromatic rings. The molecule has 0 N–H and O–H groups in total. The molecule has 2 aromatic carbocycles. The second kappa shape index (κ2) is 8.39. The highest BCUT2D eigenvalue weighted by molar-refractivity contribution is 6.33. The summed E-state index contributed by atoms with van der Waals surface area (Å²) in [4.78, 5) is 25.3. The molecule has 0 atom stereocenters. The molecule has 0 aliphatic carbocycles. The highest BCUT2D eigenvalue weighted by Crippen LogP contribution is 2.39. The van der Waals surface area contributed by atoms with Gasteiger partial charge in [0, 0.05) is 38.7 Å². The van der Waals surface area contributed by atoms with Crippen molar-refractivity contribution in [3.05, 3.63) is 57.6 Å². The normalized spacial score (nSPS) is 12.2. The van der Waals surface area contributed by atoms with Crippen LogP contribution in [0.3, 0.4) is 0 Å². The fourth-order valence-corrected chi connectivity index (χ4v) is 2.90. The Bertz CT molecular complexity index is 862. The Kier molecular flexibility index (Phi) is 6.46. The SMILES string of the molecule is COc1ccc(C(=O)/C=C(/C)Cl)c2c(C(=O)/C=C(/C)Cl)ccc(OC)c12. The molecule has 6 heteroatoms. The van der Waals surface area contributed by atoms with Crippen molar-refractivity contribution in [1.82, 2.24) is 0 Å². The third-order valence-corrected chi connectivity index (χ3v) is 3.93. The van der Waals surface area contributed by atoms with E-state index in [1.54, 1.807) is 38.1 Å². The topological polar surface area (TPSA) is 52.6 Å². The summed E-state index contributed by atoms with van der Waals surface area (Å²) in [6.45, 7) is 3.22. The van der Waals surface area contributed by atoms with Gasteiger partial charge in [-0.1, -0.05) is 23.2 Å². The van der Waals surface area contributed by atoms with E-state index < -0.39 is 0 Å². The third-order valence-electron chi connectivity index (χ3n) is 3.71. The number of hydrogen-bond acceptors (Lipinski definition) is 4. The van der Waals surface area contributed by atoms with Crippen LogP contribution in [-0.2, 0) is 0 Å². The van der Waals surface area contributed by atoms with Gasteiger partial charge in [0.25, 0.3) is 0 Å². The van der Waals surface area contributed by atoms with Crippen LogP contribution in [0.5, 0.6) is 11.5 Å². The van der Waals surface area contributed by atoms with Gasteiger partial charge in [-0.05, 0) is 38.1 Å². The first-order chi connectivity index (χ1) is 12.3. The monoisotopic (exact) mass is 392 g/mol. The lowest BCUT2D eigenvalue weighted by atomic mass is 9.93. The van der Waals surface area contributed by atoms with Gasteiger partial charge in [0.05, 0.1) is 19.6 Å². The second-order valence-electron chi connectivity index (χ2n) is 5.57. The van der Waals surface area contributed by atoms with Gasteiger partial charge < -0.3 is 9.47 Å². The average molecular weight is 393 g/mol. The van der Waals surface area contributed by atoms with Crippen LogP contribution in [-0.4, -0.2) is 25.8 Å². The van der Waals surface area contributed by atoms with Crippen LogP contribution < -0.4 is 9.47 Å². The fraction of sp³-hybridized carbons (Fsp3) is 0.200. The molecule has 0 unspecified atom stereocenters. The summed E-state index contributed by atoms with van der Waals surface area (Å²) in [6, 6.07) is 6.53. The Balaban J connectivity index is 2.97. The van der Waals surface area contributed by atoms with Gasteiger partial charge in [-0.15, -0.1) is 0 Å². The molecule has 2 rings (SSSR count). The lowest BCUT2D eigenvalue weighted by Gasteiger charge is -2.15. The minimum absolute atomic E-state index is 0.320. The van der Waals surface area contributed by atoms with Crippen LogP contribution in [0.15, 0.2) is 46.5 Å². The average Bonchev–Trinajstić information content (AvgIpc) is 2.58. The molecule has 0 aliphatic rings. The molecule has 0 saturated carbocycles. The first kappa shape index (κ1) is 20.0. The molecule has 4 nitrogen and oxygen atoms in total. The number of allylic oxidation sites excluding steroid dienone is 4. The molecule has 0 aromatic heterocycles. The number of ketones is 2. The highest BCUT2D eigenvalue weighted by atomic mass is 35.5. The molecule has 26 heavy (non-hydrogen) atoms. The Morgan fingerprint density at radius 3 is 1.46 bits per heavy atom. The predicted molar refractivity (Wildman–Crippen MR) is 105 cm³/mol. The van der Waals surface area contributed by atoms with E-state index in [2.05, 4.69) is 0 Å². The molecule has 0 spiro atoms. The Hall–Kier alpha value is -2.30. The molecule has 0 bridgehead atoms. The molecule has 0 aliphatic heterocycles. The van der Waals surface area contributed by atoms with Gasteiger partial charge in [-0.2, -0.15) is 0 Å². The minimum atomic E-state index is -0.320. The number of methoxy groups -OCH3 is 2. The molecule has 0 heterocycles. The van der Waals surface area contributed by atoms with Crippen LogP contribution in [0, 0.1) is 0 Å². The van der Waals surface area contributed by atoms with Crippen molar-refractivity contribution in [3.8, 4) is 11.5 Å². The maximum atomic E-state index is 12.7. The second-order valence-corrected chi connectivity index (χ2v) is 6.76. The quantitative estimate of drug-likeness (QED) is 0.480. The summed E-state index contributed by atoms with van der Waals surface area (Å²) in [6.07, 6.45) is 2.61. The number of benzene rings is 2. The van der Waals surface area contributed by atoms with Crippen molar-refractivity contribution < 1.29 is 19.1 Å². The van der Waals surface area contributed by atoms with Crippen molar-refractivity contribution in [2.24, 2.45) is 0 Å². The van der Waals surface area contributed by atoms with E-state index in [0.717, 1.165) is 0 Å². The maximum absolute atomic E-state index is 12.7. The zero-order valence-electron chi connectivity index (χ0n) is 14.9. The Morgan fingerprint density at radius 2 is 1.15 bits per heavy atom. The molecule has 0 saturated heterocycles. The highest BCUT2D eigenvalue weighted by Gasteiger charge is 2.21. The maximum Gasteiger partial charge on any atom is 0.187 e. The summed E-state index contributed by atoms with van der Waals surface area (Å²) in [5, 5.41) is 1.65. The van der Waals surface area contributed by atoms with Gasteiger partial charge in [-0.3, -0.25) is 9.59 Å². The number of rotatable bonds is 6. The number of carbonyl (C=O) groups is 2. The van der Waals surface area contributed by atoms with Crippen LogP contribution in [0.2, 0.25) is 0 Å². The van der Waals surface area contributed by atoms with Crippen molar-refractivity contribution in [1.29, 1.82) is 0 Å². The number of hydrogen-bond donors (Lipinski definition) is 0. The van der Waals surface area contributed by atoms with Gasteiger partial charge in [0.2, 0.25) is 0 Å². The van der Waals surface area contributed by atoms with Crippen molar-refractivity contribution in [2.75, 3.05) is 14.2 Å². The zero-order valence-corrected chi connectivity index (χ0v) is 16.4. The predicted octanol–water partition coefficient (Wildman–Crippen LogP) is 5.51. The van der Waals surface area contributed by atoms with E-state index in [0.29, 0.717) is 43.5 Å². The molecule has 0 radical (unpaired) electrons. The summed E-state index contributed by atoms with van der Waals surface area (Å²) < 4.78 is 10.8. The summed E-state index contributed by atoms with van der Waals surface area (Å²) in [5.74, 6) is 0.334. The van der Waals surface area contributed by atoms with Crippen molar-refractivity contribution >= 4 is 45.5 Å². The minimum Gasteiger partial charge on any atom is -0.496 e. The molecular formula is C20H18Cl2O4. The first-order valence-electron chi connectivity index (χ1n) is 7.74. The van der Waals surface area contributed by atoms with E-state index in [-0.39, 0.29) is 11.6 Å². The van der Waals surface area contributed by atoms with Crippen LogP contribution in [0.4, 0.5) is 0 Å². The van der Waals surface area contributed by atoms with E-state index >= 15 is 0 Å². The van der Waals surface area contributed by atoms with E-state index in [1.165, 1.54) is 26.4 Å². The lowest BCUT2D eigenvalue weighted by molar-refractivity contribution is 0.104. The third kappa shape index (κ3) is 4.09. The van der Waals surface area contributed by atoms with Crippen molar-refractivity contribution in [2.45, 2.75) is 13.8 Å². The number of carbonyl (C=O) groups excluding carboxylic acids is 2. The Morgan fingerprint density at radius 1 is 0.769 bits per heavy atom. The fourth-order valence-electron chi connectivity index (χ4n) is 2.70. The Labute approximate surface area is 162 Å². The van der Waals surface area contributed by atoms with Crippen LogP contribution in [0.1, 0.15) is 34.6 Å². The van der Waals surface area contributed by atoms with E-state index in [4.69, 9.17) is 32.7 Å². The first-order valence-corrected chi connectivity index (χ1v) is 8.49. The van der Waals surface area contributed by atoms with E-state index in [9.17, 15) is 9.59 Å². The molecule has 136 valence electrons. The summed E-state index contributed by atoms with van der Waals surface area (Å²) >= 11 is 11.7. The van der Waals surface area contributed by atoms with Gasteiger partial charge in [0.15, 0.2) is 11.6 Å². The lowest BCUT2D eigenvalue weighted by Crippen LogP contribution is -2.05. The number of ether oxygens (including phenoxy) is 2. The van der Waals surface area contributed by atoms with E-state index in [1.807, 2.05) is 0 Å². The summed E-state index contributed by atoms with van der Waals surface area (Å²) in [7, 11) is 3.02. The van der Waals surface area contributed by atoms with Gasteiger partial charge in [-0.25, -0.2) is 0 Å².